The van der Waals surface area contributed by atoms with Gasteiger partial charge in [0.15, 0.2) is 0 Å². The lowest BCUT2D eigenvalue weighted by molar-refractivity contribution is 0.600. The van der Waals surface area contributed by atoms with Crippen molar-refractivity contribution in [3.63, 3.8) is 0 Å². The van der Waals surface area contributed by atoms with Crippen molar-refractivity contribution in [2.24, 2.45) is 0 Å². The summed E-state index contributed by atoms with van der Waals surface area (Å²) >= 11 is 0. The largest absolute Gasteiger partial charge is 0.263 e. The van der Waals surface area contributed by atoms with Gasteiger partial charge in [-0.25, -0.2) is 13.1 Å². The van der Waals surface area contributed by atoms with Gasteiger partial charge in [0, 0.05) is 6.07 Å². The van der Waals surface area contributed by atoms with E-state index in [0.29, 0.717) is 22.6 Å². The molecule has 0 aliphatic heterocycles. The molecule has 0 fully saturated rings. The molecule has 2 aromatic carbocycles. The summed E-state index contributed by atoms with van der Waals surface area (Å²) in [6, 6.07) is 17.5. The van der Waals surface area contributed by atoms with Gasteiger partial charge >= 0.3 is 0 Å². The Labute approximate surface area is 146 Å². The minimum Gasteiger partial charge on any atom is -0.263 e. The van der Waals surface area contributed by atoms with Crippen LogP contribution < -0.4 is 4.72 Å². The van der Waals surface area contributed by atoms with Gasteiger partial charge in [-0.05, 0) is 43.7 Å². The number of para-hydroxylation sites is 1. The third-order valence-corrected chi connectivity index (χ3v) is 5.17. The second-order valence-corrected chi connectivity index (χ2v) is 7.27. The highest BCUT2D eigenvalue weighted by atomic mass is 32.2. The molecular weight excluding hydrogens is 336 g/mol. The molecule has 0 saturated carbocycles. The molecule has 3 aromatic rings. The molecule has 0 saturated heterocycles. The van der Waals surface area contributed by atoms with Crippen LogP contribution in [0.2, 0.25) is 0 Å². The number of hydrogen-bond donors (Lipinski definition) is 1. The van der Waals surface area contributed by atoms with E-state index in [0.717, 1.165) is 5.69 Å². The fourth-order valence-electron chi connectivity index (χ4n) is 2.49. The third kappa shape index (κ3) is 3.39. The summed E-state index contributed by atoms with van der Waals surface area (Å²) in [5.74, 6) is 0.338. The minimum atomic E-state index is -3.86. The standard InChI is InChI=1S/C18H16N4O2S/c1-13-8-9-15(12-19)11-17(13)25(23,24)21-18-10-14(2)20-22(18)16-6-4-3-5-7-16/h3-11,21H,1-2H3. The smallest absolute Gasteiger partial charge is 0.263 e. The summed E-state index contributed by atoms with van der Waals surface area (Å²) in [4.78, 5) is 0.0741. The van der Waals surface area contributed by atoms with E-state index in [1.54, 1.807) is 32.0 Å². The van der Waals surface area contributed by atoms with Gasteiger partial charge in [0.05, 0.1) is 27.9 Å². The normalized spacial score (nSPS) is 11.1. The van der Waals surface area contributed by atoms with E-state index in [1.807, 2.05) is 36.4 Å². The summed E-state index contributed by atoms with van der Waals surface area (Å²) in [6.07, 6.45) is 0. The molecule has 6 nitrogen and oxygen atoms in total. The molecule has 0 bridgehead atoms. The minimum absolute atomic E-state index is 0.0741. The molecule has 1 aromatic heterocycles. The van der Waals surface area contributed by atoms with Crippen molar-refractivity contribution in [2.45, 2.75) is 18.7 Å². The first-order chi connectivity index (χ1) is 11.9. The molecular formula is C18H16N4O2S. The number of anilines is 1. The average molecular weight is 352 g/mol. The van der Waals surface area contributed by atoms with Gasteiger partial charge < -0.3 is 0 Å². The Morgan fingerprint density at radius 2 is 1.80 bits per heavy atom. The van der Waals surface area contributed by atoms with E-state index in [1.165, 1.54) is 10.7 Å². The van der Waals surface area contributed by atoms with Crippen molar-refractivity contribution in [3.8, 4) is 11.8 Å². The maximum Gasteiger partial charge on any atom is 0.263 e. The zero-order valence-corrected chi connectivity index (χ0v) is 14.6. The van der Waals surface area contributed by atoms with E-state index >= 15 is 0 Å². The van der Waals surface area contributed by atoms with Crippen molar-refractivity contribution >= 4 is 15.8 Å². The van der Waals surface area contributed by atoms with Crippen LogP contribution in [0.4, 0.5) is 5.82 Å². The van der Waals surface area contributed by atoms with Gasteiger partial charge in [-0.15, -0.1) is 0 Å². The quantitative estimate of drug-likeness (QED) is 0.781. The predicted molar refractivity (Wildman–Crippen MR) is 95.0 cm³/mol. The molecule has 7 heteroatoms. The molecule has 0 aliphatic rings. The van der Waals surface area contributed by atoms with E-state index in [4.69, 9.17) is 5.26 Å². The highest BCUT2D eigenvalue weighted by Crippen LogP contribution is 2.23. The Kier molecular flexibility index (Phi) is 4.30. The molecule has 0 unspecified atom stereocenters. The van der Waals surface area contributed by atoms with Crippen LogP contribution in [0.1, 0.15) is 16.8 Å². The summed E-state index contributed by atoms with van der Waals surface area (Å²) in [5.41, 5.74) is 2.28. The molecule has 0 aliphatic carbocycles. The predicted octanol–water partition coefficient (Wildman–Crippen LogP) is 3.16. The van der Waals surface area contributed by atoms with Gasteiger partial charge in [0.25, 0.3) is 10.0 Å². The van der Waals surface area contributed by atoms with Crippen molar-refractivity contribution in [3.05, 3.63) is 71.4 Å². The lowest BCUT2D eigenvalue weighted by Gasteiger charge is -2.12. The number of sulfonamides is 1. The zero-order valence-electron chi connectivity index (χ0n) is 13.8. The molecule has 1 N–H and O–H groups in total. The topological polar surface area (TPSA) is 87.8 Å². The van der Waals surface area contributed by atoms with Crippen LogP contribution in [0.5, 0.6) is 0 Å². The molecule has 0 amide bonds. The molecule has 1 heterocycles. The van der Waals surface area contributed by atoms with E-state index in [9.17, 15) is 8.42 Å². The number of aryl methyl sites for hydroxylation is 2. The highest BCUT2D eigenvalue weighted by Gasteiger charge is 2.20. The third-order valence-electron chi connectivity index (χ3n) is 3.68. The van der Waals surface area contributed by atoms with Crippen LogP contribution in [0.15, 0.2) is 59.5 Å². The van der Waals surface area contributed by atoms with Crippen molar-refractivity contribution in [1.29, 1.82) is 5.26 Å². The molecule has 25 heavy (non-hydrogen) atoms. The van der Waals surface area contributed by atoms with Crippen molar-refractivity contribution < 1.29 is 8.42 Å². The SMILES string of the molecule is Cc1cc(NS(=O)(=O)c2cc(C#N)ccc2C)n(-c2ccccc2)n1. The molecule has 0 atom stereocenters. The molecule has 0 spiro atoms. The Hall–Kier alpha value is -3.11. The van der Waals surface area contributed by atoms with Gasteiger partial charge in [0.2, 0.25) is 0 Å². The molecule has 3 rings (SSSR count). The number of rotatable bonds is 4. The Bertz CT molecular complexity index is 1060. The van der Waals surface area contributed by atoms with Crippen molar-refractivity contribution in [1.82, 2.24) is 9.78 Å². The van der Waals surface area contributed by atoms with Crippen LogP contribution in [-0.2, 0) is 10.0 Å². The van der Waals surface area contributed by atoms with Crippen LogP contribution in [0.3, 0.4) is 0 Å². The fraction of sp³-hybridized carbons (Fsp3) is 0.111. The van der Waals surface area contributed by atoms with Gasteiger partial charge in [0.1, 0.15) is 5.82 Å². The number of aromatic nitrogens is 2. The maximum atomic E-state index is 12.8. The van der Waals surface area contributed by atoms with E-state index in [-0.39, 0.29) is 4.90 Å². The van der Waals surface area contributed by atoms with Gasteiger partial charge in [-0.3, -0.25) is 4.72 Å². The summed E-state index contributed by atoms with van der Waals surface area (Å²) in [6.45, 7) is 3.48. The van der Waals surface area contributed by atoms with Crippen LogP contribution in [0.25, 0.3) is 5.69 Å². The summed E-state index contributed by atoms with van der Waals surface area (Å²) in [5, 5.41) is 13.4. The number of hydrogen-bond acceptors (Lipinski definition) is 4. The van der Waals surface area contributed by atoms with Crippen LogP contribution in [-0.4, -0.2) is 18.2 Å². The maximum absolute atomic E-state index is 12.8. The number of nitrogens with one attached hydrogen (secondary N) is 1. The van der Waals surface area contributed by atoms with Crippen LogP contribution in [0, 0.1) is 25.2 Å². The number of nitrogens with zero attached hydrogens (tertiary/aromatic N) is 3. The summed E-state index contributed by atoms with van der Waals surface area (Å²) < 4.78 is 29.8. The van der Waals surface area contributed by atoms with E-state index in [2.05, 4.69) is 9.82 Å². The Balaban J connectivity index is 2.05. The first-order valence-corrected chi connectivity index (χ1v) is 9.05. The highest BCUT2D eigenvalue weighted by molar-refractivity contribution is 7.92. The fourth-order valence-corrected chi connectivity index (χ4v) is 3.79. The Morgan fingerprint density at radius 3 is 2.48 bits per heavy atom. The van der Waals surface area contributed by atoms with Gasteiger partial charge in [-0.1, -0.05) is 24.3 Å². The van der Waals surface area contributed by atoms with Crippen LogP contribution >= 0.6 is 0 Å². The first-order valence-electron chi connectivity index (χ1n) is 7.56. The number of benzene rings is 2. The summed E-state index contributed by atoms with van der Waals surface area (Å²) in [7, 11) is -3.86. The molecule has 126 valence electrons. The number of nitriles is 1. The zero-order chi connectivity index (χ0) is 18.0. The second kappa shape index (κ2) is 6.42. The monoisotopic (exact) mass is 352 g/mol. The average Bonchev–Trinajstić information content (AvgIpc) is 2.95. The molecule has 0 radical (unpaired) electrons. The van der Waals surface area contributed by atoms with Gasteiger partial charge in [-0.2, -0.15) is 10.4 Å². The lowest BCUT2D eigenvalue weighted by atomic mass is 10.2. The Morgan fingerprint density at radius 1 is 1.08 bits per heavy atom. The lowest BCUT2D eigenvalue weighted by Crippen LogP contribution is -2.17. The first kappa shape index (κ1) is 16.7. The van der Waals surface area contributed by atoms with E-state index < -0.39 is 10.0 Å². The van der Waals surface area contributed by atoms with Crippen molar-refractivity contribution in [2.75, 3.05) is 4.72 Å². The second-order valence-electron chi connectivity index (χ2n) is 5.62.